The molecule has 3 amide bonds. The third-order valence-electron chi connectivity index (χ3n) is 4.96. The Bertz CT molecular complexity index is 711. The highest BCUT2D eigenvalue weighted by Crippen LogP contribution is 2.22. The van der Waals surface area contributed by atoms with Crippen molar-refractivity contribution < 1.29 is 23.9 Å². The quantitative estimate of drug-likeness (QED) is 0.454. The van der Waals surface area contributed by atoms with E-state index in [2.05, 4.69) is 0 Å². The van der Waals surface area contributed by atoms with Crippen LogP contribution in [-0.4, -0.2) is 59.2 Å². The van der Waals surface area contributed by atoms with E-state index in [0.717, 1.165) is 6.42 Å². The van der Waals surface area contributed by atoms with Gasteiger partial charge in [0.05, 0.1) is 24.2 Å². The third-order valence-corrected chi connectivity index (χ3v) is 4.96. The van der Waals surface area contributed by atoms with Crippen molar-refractivity contribution in [3.63, 3.8) is 0 Å². The van der Waals surface area contributed by atoms with Gasteiger partial charge in [0, 0.05) is 25.6 Å². The van der Waals surface area contributed by atoms with Crippen LogP contribution in [0.3, 0.4) is 0 Å². The molecule has 0 saturated heterocycles. The van der Waals surface area contributed by atoms with Gasteiger partial charge in [0.1, 0.15) is 0 Å². The van der Waals surface area contributed by atoms with Crippen molar-refractivity contribution in [3.05, 3.63) is 35.4 Å². The molecule has 1 aromatic rings. The summed E-state index contributed by atoms with van der Waals surface area (Å²) in [5, 5.41) is 0. The Kier molecular flexibility index (Phi) is 7.72. The van der Waals surface area contributed by atoms with E-state index in [1.165, 1.54) is 4.90 Å². The molecule has 1 aliphatic heterocycles. The van der Waals surface area contributed by atoms with Gasteiger partial charge in [-0.25, -0.2) is 0 Å². The molecule has 0 aromatic heterocycles. The van der Waals surface area contributed by atoms with E-state index in [1.807, 2.05) is 13.8 Å². The van der Waals surface area contributed by atoms with Crippen LogP contribution < -0.4 is 0 Å². The molecule has 28 heavy (non-hydrogen) atoms. The number of ether oxygens (including phenoxy) is 1. The molecule has 0 bridgehead atoms. The van der Waals surface area contributed by atoms with Crippen molar-refractivity contribution >= 4 is 23.7 Å². The molecule has 2 rings (SSSR count). The van der Waals surface area contributed by atoms with Crippen LogP contribution in [0.4, 0.5) is 0 Å². The summed E-state index contributed by atoms with van der Waals surface area (Å²) in [4.78, 5) is 51.9. The molecule has 1 aliphatic rings. The summed E-state index contributed by atoms with van der Waals surface area (Å²) < 4.78 is 4.93. The number of carbonyl (C=O) groups excluding carboxylic acids is 4. The first-order valence-corrected chi connectivity index (χ1v) is 9.81. The van der Waals surface area contributed by atoms with E-state index < -0.39 is 0 Å². The number of fused-ring (bicyclic) bond motifs is 1. The van der Waals surface area contributed by atoms with Crippen molar-refractivity contribution in [1.29, 1.82) is 0 Å². The number of amides is 3. The molecule has 1 atom stereocenters. The number of imide groups is 1. The van der Waals surface area contributed by atoms with Crippen molar-refractivity contribution in [2.45, 2.75) is 52.5 Å². The molecule has 0 fully saturated rings. The van der Waals surface area contributed by atoms with Crippen LogP contribution >= 0.6 is 0 Å². The zero-order valence-electron chi connectivity index (χ0n) is 16.8. The lowest BCUT2D eigenvalue weighted by molar-refractivity contribution is -0.144. The van der Waals surface area contributed by atoms with Gasteiger partial charge in [-0.15, -0.1) is 0 Å². The van der Waals surface area contributed by atoms with Gasteiger partial charge in [0.15, 0.2) is 0 Å². The minimum Gasteiger partial charge on any atom is -0.466 e. The number of benzene rings is 1. The first-order chi connectivity index (χ1) is 13.4. The highest BCUT2D eigenvalue weighted by molar-refractivity contribution is 6.21. The summed E-state index contributed by atoms with van der Waals surface area (Å²) in [7, 11) is 0. The SMILES string of the molecule is CCOC(=O)CCN(C(=O)CCCN1C(=O)c2ccccc2C1=O)C(C)CC. The lowest BCUT2D eigenvalue weighted by atomic mass is 10.1. The topological polar surface area (TPSA) is 84.0 Å². The first kappa shape index (κ1) is 21.6. The zero-order chi connectivity index (χ0) is 20.7. The van der Waals surface area contributed by atoms with Gasteiger partial charge in [-0.1, -0.05) is 19.1 Å². The van der Waals surface area contributed by atoms with Gasteiger partial charge < -0.3 is 9.64 Å². The second-order valence-corrected chi connectivity index (χ2v) is 6.81. The smallest absolute Gasteiger partial charge is 0.307 e. The van der Waals surface area contributed by atoms with E-state index in [0.29, 0.717) is 30.7 Å². The molecule has 1 unspecified atom stereocenters. The number of carbonyl (C=O) groups is 4. The highest BCUT2D eigenvalue weighted by Gasteiger charge is 2.34. The molecule has 7 heteroatoms. The van der Waals surface area contributed by atoms with Crippen molar-refractivity contribution in [2.24, 2.45) is 0 Å². The van der Waals surface area contributed by atoms with E-state index in [9.17, 15) is 19.2 Å². The summed E-state index contributed by atoms with van der Waals surface area (Å²) in [6.45, 7) is 6.48. The van der Waals surface area contributed by atoms with Crippen LogP contribution in [0.15, 0.2) is 24.3 Å². The summed E-state index contributed by atoms with van der Waals surface area (Å²) in [5.41, 5.74) is 0.823. The number of rotatable bonds is 10. The van der Waals surface area contributed by atoms with Gasteiger partial charge in [-0.2, -0.15) is 0 Å². The summed E-state index contributed by atoms with van der Waals surface area (Å²) in [6.07, 6.45) is 1.52. The predicted molar refractivity (Wildman–Crippen MR) is 104 cm³/mol. The Balaban J connectivity index is 1.89. The van der Waals surface area contributed by atoms with Gasteiger partial charge in [0.25, 0.3) is 11.8 Å². The standard InChI is InChI=1S/C21H28N2O5/c1-4-15(3)22(14-12-19(25)28-5-2)18(24)11-8-13-23-20(26)16-9-6-7-10-17(16)21(23)27/h6-7,9-10,15H,4-5,8,11-14H2,1-3H3. The van der Waals surface area contributed by atoms with Crippen LogP contribution in [0, 0.1) is 0 Å². The van der Waals surface area contributed by atoms with Crippen LogP contribution in [0.25, 0.3) is 0 Å². The minimum atomic E-state index is -0.324. The number of hydrogen-bond acceptors (Lipinski definition) is 5. The molecule has 0 aliphatic carbocycles. The van der Waals surface area contributed by atoms with Gasteiger partial charge in [-0.3, -0.25) is 24.1 Å². The van der Waals surface area contributed by atoms with Crippen LogP contribution in [-0.2, 0) is 14.3 Å². The molecule has 7 nitrogen and oxygen atoms in total. The van der Waals surface area contributed by atoms with Crippen LogP contribution in [0.2, 0.25) is 0 Å². The average Bonchev–Trinajstić information content (AvgIpc) is 2.93. The minimum absolute atomic E-state index is 0.00114. The lowest BCUT2D eigenvalue weighted by Gasteiger charge is -2.28. The van der Waals surface area contributed by atoms with E-state index in [4.69, 9.17) is 4.74 Å². The lowest BCUT2D eigenvalue weighted by Crippen LogP contribution is -2.40. The summed E-state index contributed by atoms with van der Waals surface area (Å²) in [6, 6.07) is 6.73. The van der Waals surface area contributed by atoms with E-state index in [-0.39, 0.29) is 49.1 Å². The normalized spacial score (nSPS) is 14.0. The van der Waals surface area contributed by atoms with Crippen LogP contribution in [0.5, 0.6) is 0 Å². The average molecular weight is 388 g/mol. The Morgan fingerprint density at radius 3 is 2.21 bits per heavy atom. The summed E-state index contributed by atoms with van der Waals surface area (Å²) in [5.74, 6) is -1.03. The van der Waals surface area contributed by atoms with E-state index in [1.54, 1.807) is 36.1 Å². The zero-order valence-corrected chi connectivity index (χ0v) is 16.8. The maximum Gasteiger partial charge on any atom is 0.307 e. The molecule has 0 saturated carbocycles. The molecule has 0 N–H and O–H groups in total. The fourth-order valence-electron chi connectivity index (χ4n) is 3.23. The van der Waals surface area contributed by atoms with Gasteiger partial charge >= 0.3 is 5.97 Å². The molecular weight excluding hydrogens is 360 g/mol. The number of esters is 1. The van der Waals surface area contributed by atoms with Gasteiger partial charge in [-0.05, 0) is 38.8 Å². The maximum atomic E-state index is 12.7. The maximum absolute atomic E-state index is 12.7. The summed E-state index contributed by atoms with van der Waals surface area (Å²) >= 11 is 0. The first-order valence-electron chi connectivity index (χ1n) is 9.81. The molecular formula is C21H28N2O5. The molecule has 0 radical (unpaired) electrons. The predicted octanol–water partition coefficient (Wildman–Crippen LogP) is 2.64. The highest BCUT2D eigenvalue weighted by atomic mass is 16.5. The van der Waals surface area contributed by atoms with Crippen molar-refractivity contribution in [3.8, 4) is 0 Å². The van der Waals surface area contributed by atoms with E-state index >= 15 is 0 Å². The Labute approximate surface area is 165 Å². The van der Waals surface area contributed by atoms with Gasteiger partial charge in [0.2, 0.25) is 5.91 Å². The van der Waals surface area contributed by atoms with Crippen LogP contribution in [0.1, 0.15) is 67.2 Å². The Morgan fingerprint density at radius 1 is 1.07 bits per heavy atom. The fourth-order valence-corrected chi connectivity index (χ4v) is 3.23. The Hall–Kier alpha value is -2.70. The molecule has 1 aromatic carbocycles. The number of nitrogens with zero attached hydrogens (tertiary/aromatic N) is 2. The van der Waals surface area contributed by atoms with Crippen molar-refractivity contribution in [1.82, 2.24) is 9.80 Å². The molecule has 0 spiro atoms. The second kappa shape index (κ2) is 10.0. The number of hydrogen-bond donors (Lipinski definition) is 0. The monoisotopic (exact) mass is 388 g/mol. The molecule has 152 valence electrons. The second-order valence-electron chi connectivity index (χ2n) is 6.81. The third kappa shape index (κ3) is 4.97. The Morgan fingerprint density at radius 2 is 1.68 bits per heavy atom. The molecule has 1 heterocycles. The largest absolute Gasteiger partial charge is 0.466 e. The van der Waals surface area contributed by atoms with Crippen molar-refractivity contribution in [2.75, 3.05) is 19.7 Å². The fraction of sp³-hybridized carbons (Fsp3) is 0.524.